The van der Waals surface area contributed by atoms with Gasteiger partial charge in [0.2, 0.25) is 0 Å². The highest BCUT2D eigenvalue weighted by molar-refractivity contribution is 4.60. The van der Waals surface area contributed by atoms with Crippen LogP contribution < -0.4 is 11.1 Å². The summed E-state index contributed by atoms with van der Waals surface area (Å²) in [5.74, 6) is 0. The van der Waals surface area contributed by atoms with Crippen LogP contribution in [0.15, 0.2) is 0 Å². The van der Waals surface area contributed by atoms with Crippen molar-refractivity contribution in [2.45, 2.75) is 70.4 Å². The lowest BCUT2D eigenvalue weighted by Gasteiger charge is -2.12. The fraction of sp³-hybridized carbons (Fsp3) is 1.00. The molecule has 1 atom stereocenters. The second-order valence-electron chi connectivity index (χ2n) is 4.53. The Hall–Kier alpha value is -0.0800. The fourth-order valence-electron chi connectivity index (χ4n) is 2.12. The smallest absolute Gasteiger partial charge is 0.0546 e. The van der Waals surface area contributed by atoms with Crippen molar-refractivity contribution in [3.8, 4) is 0 Å². The molecule has 2 nitrogen and oxygen atoms in total. The highest BCUT2D eigenvalue weighted by atomic mass is 15.0. The van der Waals surface area contributed by atoms with Gasteiger partial charge >= 0.3 is 0 Å². The van der Waals surface area contributed by atoms with Gasteiger partial charge in [-0.1, -0.05) is 51.4 Å². The van der Waals surface area contributed by atoms with E-state index in [1.54, 1.807) is 0 Å². The van der Waals surface area contributed by atoms with Gasteiger partial charge in [0.1, 0.15) is 0 Å². The van der Waals surface area contributed by atoms with Crippen molar-refractivity contribution in [1.82, 2.24) is 5.32 Å². The zero-order chi connectivity index (χ0) is 10.1. The van der Waals surface area contributed by atoms with Crippen LogP contribution in [0.4, 0.5) is 0 Å². The number of hydrogen-bond donors (Lipinski definition) is 2. The van der Waals surface area contributed by atoms with E-state index in [1.807, 2.05) is 0 Å². The molecule has 1 unspecified atom stereocenters. The third-order valence-electron chi connectivity index (χ3n) is 3.10. The van der Waals surface area contributed by atoms with Gasteiger partial charge in [-0.25, -0.2) is 0 Å². The molecule has 0 bridgehead atoms. The highest BCUT2D eigenvalue weighted by Gasteiger charge is 2.01. The van der Waals surface area contributed by atoms with Crippen LogP contribution in [0.5, 0.6) is 0 Å². The minimum Gasteiger partial charge on any atom is -0.316 e. The Kier molecular flexibility index (Phi) is 7.06. The first-order valence-corrected chi connectivity index (χ1v) is 6.38. The molecule has 1 saturated heterocycles. The summed E-state index contributed by atoms with van der Waals surface area (Å²) < 4.78 is 0. The van der Waals surface area contributed by atoms with Gasteiger partial charge in [-0.05, 0) is 19.4 Å². The molecular formula is C12H26N2. The van der Waals surface area contributed by atoms with Crippen molar-refractivity contribution in [2.24, 2.45) is 5.73 Å². The van der Waals surface area contributed by atoms with Gasteiger partial charge in [0.15, 0.2) is 0 Å². The summed E-state index contributed by atoms with van der Waals surface area (Å²) in [4.78, 5) is 0. The molecule has 1 rings (SSSR count). The van der Waals surface area contributed by atoms with Crippen molar-refractivity contribution in [2.75, 3.05) is 6.54 Å². The number of nitrogens with one attached hydrogen (secondary N) is 1. The highest BCUT2D eigenvalue weighted by Crippen LogP contribution is 2.11. The van der Waals surface area contributed by atoms with E-state index in [1.165, 1.54) is 57.8 Å². The standard InChI is InChI=1S/C12H26N2/c13-12-10-8-6-4-2-1-3-5-7-9-11-14-12/h12,14H,1-11,13H2. The molecule has 0 saturated carbocycles. The quantitative estimate of drug-likeness (QED) is 0.628. The first kappa shape index (κ1) is 12.0. The summed E-state index contributed by atoms with van der Waals surface area (Å²) in [5, 5.41) is 3.40. The van der Waals surface area contributed by atoms with Gasteiger partial charge in [-0.15, -0.1) is 0 Å². The van der Waals surface area contributed by atoms with Gasteiger partial charge < -0.3 is 11.1 Å². The molecule has 0 amide bonds. The van der Waals surface area contributed by atoms with Crippen LogP contribution in [0.2, 0.25) is 0 Å². The van der Waals surface area contributed by atoms with Crippen LogP contribution in [0.25, 0.3) is 0 Å². The van der Waals surface area contributed by atoms with Crippen LogP contribution in [0.3, 0.4) is 0 Å². The van der Waals surface area contributed by atoms with E-state index >= 15 is 0 Å². The number of nitrogens with two attached hydrogens (primary N) is 1. The molecule has 3 N–H and O–H groups in total. The Balaban J connectivity index is 2.12. The zero-order valence-corrected chi connectivity index (χ0v) is 9.43. The lowest BCUT2D eigenvalue weighted by atomic mass is 10.1. The molecular weight excluding hydrogens is 172 g/mol. The van der Waals surface area contributed by atoms with E-state index in [0.29, 0.717) is 0 Å². The molecule has 14 heavy (non-hydrogen) atoms. The van der Waals surface area contributed by atoms with Crippen molar-refractivity contribution in [3.63, 3.8) is 0 Å². The van der Waals surface area contributed by atoms with Crippen molar-refractivity contribution >= 4 is 0 Å². The number of rotatable bonds is 0. The summed E-state index contributed by atoms with van der Waals surface area (Å²) in [6.45, 7) is 1.11. The minimum absolute atomic E-state index is 0.246. The van der Waals surface area contributed by atoms with Gasteiger partial charge in [-0.2, -0.15) is 0 Å². The van der Waals surface area contributed by atoms with Crippen LogP contribution in [0, 0.1) is 0 Å². The Morgan fingerprint density at radius 3 is 1.86 bits per heavy atom. The van der Waals surface area contributed by atoms with Crippen LogP contribution in [-0.4, -0.2) is 12.7 Å². The number of hydrogen-bond acceptors (Lipinski definition) is 2. The summed E-state index contributed by atoms with van der Waals surface area (Å²) in [7, 11) is 0. The van der Waals surface area contributed by atoms with E-state index in [4.69, 9.17) is 5.73 Å². The van der Waals surface area contributed by atoms with E-state index < -0.39 is 0 Å². The second-order valence-corrected chi connectivity index (χ2v) is 4.53. The Bertz CT molecular complexity index is 111. The zero-order valence-electron chi connectivity index (χ0n) is 9.43. The second kappa shape index (κ2) is 8.25. The molecule has 0 aromatic carbocycles. The van der Waals surface area contributed by atoms with Gasteiger partial charge in [0.25, 0.3) is 0 Å². The largest absolute Gasteiger partial charge is 0.316 e. The van der Waals surface area contributed by atoms with Crippen molar-refractivity contribution in [1.29, 1.82) is 0 Å². The van der Waals surface area contributed by atoms with E-state index in [2.05, 4.69) is 5.32 Å². The van der Waals surface area contributed by atoms with Crippen molar-refractivity contribution < 1.29 is 0 Å². The summed E-state index contributed by atoms with van der Waals surface area (Å²) in [5.41, 5.74) is 5.94. The summed E-state index contributed by atoms with van der Waals surface area (Å²) in [6, 6.07) is 0. The first-order chi connectivity index (χ1) is 6.89. The third kappa shape index (κ3) is 6.39. The molecule has 2 heteroatoms. The molecule has 0 spiro atoms. The molecule has 1 aliphatic rings. The average Bonchev–Trinajstić information content (AvgIpc) is 2.20. The van der Waals surface area contributed by atoms with Gasteiger partial charge in [-0.3, -0.25) is 0 Å². The molecule has 1 fully saturated rings. The topological polar surface area (TPSA) is 38.0 Å². The Morgan fingerprint density at radius 1 is 0.714 bits per heavy atom. The fourth-order valence-corrected chi connectivity index (χ4v) is 2.12. The first-order valence-electron chi connectivity index (χ1n) is 6.38. The monoisotopic (exact) mass is 198 g/mol. The molecule has 1 heterocycles. The third-order valence-corrected chi connectivity index (χ3v) is 3.10. The van der Waals surface area contributed by atoms with E-state index in [9.17, 15) is 0 Å². The van der Waals surface area contributed by atoms with Crippen LogP contribution >= 0.6 is 0 Å². The molecule has 0 aromatic rings. The lowest BCUT2D eigenvalue weighted by Crippen LogP contribution is -2.37. The molecule has 84 valence electrons. The summed E-state index contributed by atoms with van der Waals surface area (Å²) >= 11 is 0. The predicted molar refractivity (Wildman–Crippen MR) is 62.1 cm³/mol. The SMILES string of the molecule is NC1CCCCCCCCCCCN1. The molecule has 1 aliphatic heterocycles. The molecule has 0 aliphatic carbocycles. The predicted octanol–water partition coefficient (Wildman–Crippen LogP) is 2.78. The maximum absolute atomic E-state index is 5.94. The minimum atomic E-state index is 0.246. The van der Waals surface area contributed by atoms with Crippen molar-refractivity contribution in [3.05, 3.63) is 0 Å². The van der Waals surface area contributed by atoms with Gasteiger partial charge in [0.05, 0.1) is 6.17 Å². The average molecular weight is 198 g/mol. The maximum atomic E-state index is 5.94. The van der Waals surface area contributed by atoms with Crippen LogP contribution in [0.1, 0.15) is 64.2 Å². The summed E-state index contributed by atoms with van der Waals surface area (Å²) in [6.07, 6.45) is 13.9. The molecule has 0 radical (unpaired) electrons. The van der Waals surface area contributed by atoms with Gasteiger partial charge in [0, 0.05) is 0 Å². The normalized spacial score (nSPS) is 28.5. The Labute approximate surface area is 88.6 Å². The van der Waals surface area contributed by atoms with E-state index in [0.717, 1.165) is 13.0 Å². The maximum Gasteiger partial charge on any atom is 0.0546 e. The van der Waals surface area contributed by atoms with E-state index in [-0.39, 0.29) is 6.17 Å². The molecule has 0 aromatic heterocycles. The van der Waals surface area contributed by atoms with Crippen LogP contribution in [-0.2, 0) is 0 Å². The Morgan fingerprint density at radius 2 is 1.21 bits per heavy atom. The lowest BCUT2D eigenvalue weighted by molar-refractivity contribution is 0.461.